The number of thiazole rings is 1. The highest BCUT2D eigenvalue weighted by Crippen LogP contribution is 2.34. The van der Waals surface area contributed by atoms with Crippen molar-refractivity contribution in [2.24, 2.45) is 0 Å². The lowest BCUT2D eigenvalue weighted by atomic mass is 10.1. The molecule has 44 heavy (non-hydrogen) atoms. The summed E-state index contributed by atoms with van der Waals surface area (Å²) in [6.07, 6.45) is -0.606. The summed E-state index contributed by atoms with van der Waals surface area (Å²) in [6.45, 7) is 8.18. The van der Waals surface area contributed by atoms with E-state index in [1.54, 1.807) is 11.8 Å². The van der Waals surface area contributed by atoms with E-state index in [1.165, 1.54) is 18.6 Å². The van der Waals surface area contributed by atoms with Crippen LogP contribution in [0.4, 0.5) is 23.8 Å². The van der Waals surface area contributed by atoms with Gasteiger partial charge in [-0.05, 0) is 46.6 Å². The topological polar surface area (TPSA) is 139 Å². The number of hydrogen-bond acceptors (Lipinski definition) is 10. The molecular weight excluding hydrogens is 623 g/mol. The number of carbonyl (C=O) groups excluding carboxylic acids is 3. The van der Waals surface area contributed by atoms with Crippen molar-refractivity contribution < 1.29 is 32.3 Å². The Balaban J connectivity index is 1.31. The monoisotopic (exact) mass is 653 g/mol. The second-order valence-electron chi connectivity index (χ2n) is 11.2. The Morgan fingerprint density at radius 1 is 1.09 bits per heavy atom. The molecule has 0 spiro atoms. The van der Waals surface area contributed by atoms with E-state index in [4.69, 9.17) is 16.3 Å². The molecule has 4 rings (SSSR count). The average molecular weight is 654 g/mol. The van der Waals surface area contributed by atoms with Gasteiger partial charge in [0.2, 0.25) is 0 Å². The molecule has 0 bridgehead atoms. The third kappa shape index (κ3) is 8.85. The van der Waals surface area contributed by atoms with Crippen molar-refractivity contribution in [1.82, 2.24) is 30.2 Å². The summed E-state index contributed by atoms with van der Waals surface area (Å²) in [6, 6.07) is 1.71. The molecule has 4 heterocycles. The standard InChI is InChI=1S/C28H31ClF3N7O4S/c1-15(25-34-13-22(44-25)21(40)10-17-9-18(28(30,31)32)19(29)12-33-17)37-24(41)20-11-23(36-14-35-20)38-16-5-7-39(8-6-16)26(42)43-27(2,3)4/h9,11-16H,5-8,10H2,1-4H3,(H,37,41)(H,35,36,38). The summed E-state index contributed by atoms with van der Waals surface area (Å²) >= 11 is 6.62. The minimum atomic E-state index is -4.68. The molecular formula is C28H31ClF3N7O4S. The van der Waals surface area contributed by atoms with E-state index in [1.807, 2.05) is 20.8 Å². The van der Waals surface area contributed by atoms with Gasteiger partial charge in [-0.1, -0.05) is 11.6 Å². The SMILES string of the molecule is CC(NC(=O)c1cc(NC2CCN(C(=O)OC(C)(C)C)CC2)ncn1)c1ncc(C(=O)Cc2cc(C(F)(F)F)c(Cl)cn2)s1. The zero-order chi connectivity index (χ0) is 32.2. The molecule has 3 aromatic heterocycles. The number of likely N-dealkylation sites (tertiary alicyclic amines) is 1. The van der Waals surface area contributed by atoms with Crippen LogP contribution < -0.4 is 10.6 Å². The predicted octanol–water partition coefficient (Wildman–Crippen LogP) is 5.73. The van der Waals surface area contributed by atoms with E-state index in [0.717, 1.165) is 23.6 Å². The van der Waals surface area contributed by atoms with Crippen LogP contribution in [0.1, 0.15) is 83.0 Å². The second-order valence-corrected chi connectivity index (χ2v) is 12.7. The van der Waals surface area contributed by atoms with E-state index >= 15 is 0 Å². The summed E-state index contributed by atoms with van der Waals surface area (Å²) in [5.74, 6) is -0.505. The lowest BCUT2D eigenvalue weighted by Gasteiger charge is -2.33. The third-order valence-electron chi connectivity index (χ3n) is 6.47. The zero-order valence-electron chi connectivity index (χ0n) is 24.4. The van der Waals surface area contributed by atoms with Gasteiger partial charge in [0.1, 0.15) is 28.4 Å². The van der Waals surface area contributed by atoms with Gasteiger partial charge in [0.15, 0.2) is 5.78 Å². The largest absolute Gasteiger partial charge is 0.444 e. The molecule has 236 valence electrons. The molecule has 2 amide bonds. The number of nitrogens with one attached hydrogen (secondary N) is 2. The Hall–Kier alpha value is -3.85. The molecule has 0 radical (unpaired) electrons. The number of hydrogen-bond donors (Lipinski definition) is 2. The average Bonchev–Trinajstić information content (AvgIpc) is 3.44. The quantitative estimate of drug-likeness (QED) is 0.292. The number of alkyl halides is 3. The van der Waals surface area contributed by atoms with E-state index < -0.39 is 40.1 Å². The highest BCUT2D eigenvalue weighted by Gasteiger charge is 2.34. The molecule has 16 heteroatoms. The first-order valence-corrected chi connectivity index (χ1v) is 14.9. The zero-order valence-corrected chi connectivity index (χ0v) is 25.9. The number of carbonyl (C=O) groups is 3. The Kier molecular flexibility index (Phi) is 10.1. The molecule has 2 N–H and O–H groups in total. The van der Waals surface area contributed by atoms with Gasteiger partial charge in [-0.3, -0.25) is 14.6 Å². The van der Waals surface area contributed by atoms with Gasteiger partial charge in [0, 0.05) is 43.3 Å². The lowest BCUT2D eigenvalue weighted by Crippen LogP contribution is -2.44. The summed E-state index contributed by atoms with van der Waals surface area (Å²) < 4.78 is 44.9. The summed E-state index contributed by atoms with van der Waals surface area (Å²) in [7, 11) is 0. The van der Waals surface area contributed by atoms with Crippen LogP contribution in [0.25, 0.3) is 0 Å². The molecule has 11 nitrogen and oxygen atoms in total. The van der Waals surface area contributed by atoms with Crippen molar-refractivity contribution in [3.05, 3.63) is 62.7 Å². The van der Waals surface area contributed by atoms with Crippen LogP contribution in [0.2, 0.25) is 5.02 Å². The van der Waals surface area contributed by atoms with Gasteiger partial charge in [0.25, 0.3) is 5.91 Å². The number of pyridine rings is 1. The lowest BCUT2D eigenvalue weighted by molar-refractivity contribution is -0.137. The van der Waals surface area contributed by atoms with Crippen molar-refractivity contribution in [3.8, 4) is 0 Å². The van der Waals surface area contributed by atoms with Gasteiger partial charge in [-0.15, -0.1) is 11.3 Å². The molecule has 1 unspecified atom stereocenters. The van der Waals surface area contributed by atoms with Crippen LogP contribution in [0, 0.1) is 0 Å². The minimum Gasteiger partial charge on any atom is -0.444 e. The molecule has 0 saturated carbocycles. The number of aromatic nitrogens is 4. The van der Waals surface area contributed by atoms with Crippen molar-refractivity contribution >= 4 is 46.5 Å². The number of halogens is 4. The molecule has 1 fully saturated rings. The number of rotatable bonds is 8. The number of nitrogens with zero attached hydrogens (tertiary/aromatic N) is 5. The summed E-state index contributed by atoms with van der Waals surface area (Å²) in [5, 5.41) is 5.94. The number of piperidine rings is 1. The molecule has 1 aliphatic rings. The second kappa shape index (κ2) is 13.4. The molecule has 3 aromatic rings. The van der Waals surface area contributed by atoms with Gasteiger partial charge < -0.3 is 20.3 Å². The highest BCUT2D eigenvalue weighted by molar-refractivity contribution is 7.13. The van der Waals surface area contributed by atoms with E-state index in [2.05, 4.69) is 30.6 Å². The molecule has 0 aromatic carbocycles. The number of ketones is 1. The number of Topliss-reactive ketones (excluding diaryl/α,β-unsaturated/α-hetero) is 1. The van der Waals surface area contributed by atoms with Crippen molar-refractivity contribution in [2.45, 2.75) is 70.8 Å². The maximum atomic E-state index is 13.1. The smallest absolute Gasteiger partial charge is 0.417 e. The number of anilines is 1. The first kappa shape index (κ1) is 33.1. The van der Waals surface area contributed by atoms with Crippen LogP contribution in [0.5, 0.6) is 0 Å². The van der Waals surface area contributed by atoms with Crippen molar-refractivity contribution in [1.29, 1.82) is 0 Å². The van der Waals surface area contributed by atoms with Crippen LogP contribution in [-0.2, 0) is 17.3 Å². The first-order chi connectivity index (χ1) is 20.6. The molecule has 1 saturated heterocycles. The fourth-order valence-corrected chi connectivity index (χ4v) is 5.37. The maximum absolute atomic E-state index is 13.1. The first-order valence-electron chi connectivity index (χ1n) is 13.7. The summed E-state index contributed by atoms with van der Waals surface area (Å²) in [4.78, 5) is 56.2. The fourth-order valence-electron chi connectivity index (χ4n) is 4.30. The van der Waals surface area contributed by atoms with Gasteiger partial charge in [-0.25, -0.2) is 19.7 Å². The van der Waals surface area contributed by atoms with E-state index in [0.29, 0.717) is 36.8 Å². The van der Waals surface area contributed by atoms with Crippen LogP contribution in [-0.4, -0.2) is 67.4 Å². The van der Waals surface area contributed by atoms with Gasteiger partial charge in [0.05, 0.1) is 27.9 Å². The van der Waals surface area contributed by atoms with Crippen molar-refractivity contribution in [2.75, 3.05) is 18.4 Å². The molecule has 1 atom stereocenters. The Morgan fingerprint density at radius 3 is 2.45 bits per heavy atom. The highest BCUT2D eigenvalue weighted by atomic mass is 35.5. The van der Waals surface area contributed by atoms with Crippen LogP contribution in [0.15, 0.2) is 30.9 Å². The van der Waals surface area contributed by atoms with Gasteiger partial charge in [-0.2, -0.15) is 13.2 Å². The normalized spacial score (nSPS) is 15.0. The van der Waals surface area contributed by atoms with Crippen LogP contribution in [0.3, 0.4) is 0 Å². The Labute approximate surface area is 260 Å². The van der Waals surface area contributed by atoms with Gasteiger partial charge >= 0.3 is 12.3 Å². The van der Waals surface area contributed by atoms with Crippen LogP contribution >= 0.6 is 22.9 Å². The fraction of sp³-hybridized carbons (Fsp3) is 0.464. The number of amides is 2. The van der Waals surface area contributed by atoms with E-state index in [9.17, 15) is 27.6 Å². The Bertz CT molecular complexity index is 1520. The molecule has 1 aliphatic heterocycles. The molecule has 0 aliphatic carbocycles. The predicted molar refractivity (Wildman–Crippen MR) is 157 cm³/mol. The number of ether oxygens (including phenoxy) is 1. The Morgan fingerprint density at radius 2 is 1.80 bits per heavy atom. The maximum Gasteiger partial charge on any atom is 0.417 e. The third-order valence-corrected chi connectivity index (χ3v) is 8.00. The van der Waals surface area contributed by atoms with E-state index in [-0.39, 0.29) is 34.8 Å². The minimum absolute atomic E-state index is 0.0350. The summed E-state index contributed by atoms with van der Waals surface area (Å²) in [5.41, 5.74) is -1.60. The van der Waals surface area contributed by atoms with Crippen molar-refractivity contribution in [3.63, 3.8) is 0 Å².